The summed E-state index contributed by atoms with van der Waals surface area (Å²) in [4.78, 5) is 13.5. The summed E-state index contributed by atoms with van der Waals surface area (Å²) in [5.41, 5.74) is 1.80. The van der Waals surface area contributed by atoms with Crippen LogP contribution in [-0.2, 0) is 4.74 Å². The first-order valence-electron chi connectivity index (χ1n) is 5.62. The quantitative estimate of drug-likeness (QED) is 0.761. The number of rotatable bonds is 1. The van der Waals surface area contributed by atoms with E-state index in [1.165, 1.54) is 0 Å². The van der Waals surface area contributed by atoms with E-state index in [1.807, 2.05) is 24.3 Å². The second-order valence-corrected chi connectivity index (χ2v) is 4.18. The summed E-state index contributed by atoms with van der Waals surface area (Å²) in [6, 6.07) is 5.49. The Hall–Kier alpha value is -1.48. The van der Waals surface area contributed by atoms with Crippen molar-refractivity contribution in [3.05, 3.63) is 34.9 Å². The Balaban J connectivity index is 2.37. The van der Waals surface area contributed by atoms with Crippen LogP contribution >= 0.6 is 11.6 Å². The number of nitrogens with zero attached hydrogens (tertiary/aromatic N) is 1. The second kappa shape index (κ2) is 5.23. The van der Waals surface area contributed by atoms with Gasteiger partial charge in [-0.05, 0) is 37.1 Å². The van der Waals surface area contributed by atoms with Gasteiger partial charge in [0.2, 0.25) is 0 Å². The SMILES string of the molecule is CCOC(=O)N1CCC=Cc2cc(Cl)ccc21. The first-order valence-corrected chi connectivity index (χ1v) is 6.00. The third kappa shape index (κ3) is 2.61. The molecule has 0 aliphatic carbocycles. The minimum Gasteiger partial charge on any atom is -0.449 e. The molecule has 1 aliphatic rings. The van der Waals surface area contributed by atoms with Crippen LogP contribution < -0.4 is 4.90 Å². The molecule has 0 saturated carbocycles. The lowest BCUT2D eigenvalue weighted by molar-refractivity contribution is 0.160. The van der Waals surface area contributed by atoms with E-state index in [9.17, 15) is 4.79 Å². The summed E-state index contributed by atoms with van der Waals surface area (Å²) >= 11 is 5.95. The molecule has 17 heavy (non-hydrogen) atoms. The van der Waals surface area contributed by atoms with Crippen molar-refractivity contribution in [2.24, 2.45) is 0 Å². The molecule has 2 rings (SSSR count). The lowest BCUT2D eigenvalue weighted by Crippen LogP contribution is -2.32. The van der Waals surface area contributed by atoms with Gasteiger partial charge < -0.3 is 4.74 Å². The van der Waals surface area contributed by atoms with Gasteiger partial charge in [-0.15, -0.1) is 0 Å². The number of carbonyl (C=O) groups excluding carboxylic acids is 1. The molecule has 0 N–H and O–H groups in total. The van der Waals surface area contributed by atoms with Crippen LogP contribution in [0.15, 0.2) is 24.3 Å². The zero-order valence-electron chi connectivity index (χ0n) is 9.65. The standard InChI is InChI=1S/C13H14ClNO2/c1-2-17-13(16)15-8-4-3-5-10-9-11(14)6-7-12(10)15/h3,5-7,9H,2,4,8H2,1H3. The van der Waals surface area contributed by atoms with Crippen molar-refractivity contribution < 1.29 is 9.53 Å². The van der Waals surface area contributed by atoms with Crippen LogP contribution in [0.1, 0.15) is 18.9 Å². The van der Waals surface area contributed by atoms with Gasteiger partial charge in [0.15, 0.2) is 0 Å². The first kappa shape index (κ1) is 12.0. The lowest BCUT2D eigenvalue weighted by Gasteiger charge is -2.21. The van der Waals surface area contributed by atoms with E-state index < -0.39 is 0 Å². The smallest absolute Gasteiger partial charge is 0.414 e. The number of benzene rings is 1. The molecular weight excluding hydrogens is 238 g/mol. The molecule has 0 aromatic heterocycles. The third-order valence-electron chi connectivity index (χ3n) is 2.59. The van der Waals surface area contributed by atoms with Crippen molar-refractivity contribution in [3.8, 4) is 0 Å². The highest BCUT2D eigenvalue weighted by atomic mass is 35.5. The van der Waals surface area contributed by atoms with Crippen LogP contribution in [0.2, 0.25) is 5.02 Å². The van der Waals surface area contributed by atoms with Gasteiger partial charge in [0.05, 0.1) is 12.3 Å². The fraction of sp³-hybridized carbons (Fsp3) is 0.308. The summed E-state index contributed by atoms with van der Waals surface area (Å²) < 4.78 is 5.05. The van der Waals surface area contributed by atoms with Gasteiger partial charge in [0.1, 0.15) is 0 Å². The number of hydrogen-bond donors (Lipinski definition) is 0. The molecule has 1 amide bonds. The van der Waals surface area contributed by atoms with E-state index in [0.29, 0.717) is 18.2 Å². The predicted molar refractivity (Wildman–Crippen MR) is 69.5 cm³/mol. The van der Waals surface area contributed by atoms with E-state index in [0.717, 1.165) is 17.7 Å². The molecule has 0 unspecified atom stereocenters. The molecule has 0 spiro atoms. The molecule has 0 atom stereocenters. The summed E-state index contributed by atoms with van der Waals surface area (Å²) in [5.74, 6) is 0. The van der Waals surface area contributed by atoms with Crippen molar-refractivity contribution in [2.45, 2.75) is 13.3 Å². The highest BCUT2D eigenvalue weighted by Crippen LogP contribution is 2.28. The van der Waals surface area contributed by atoms with Gasteiger partial charge >= 0.3 is 6.09 Å². The molecule has 90 valence electrons. The van der Waals surface area contributed by atoms with Crippen LogP contribution in [0.25, 0.3) is 6.08 Å². The molecule has 3 nitrogen and oxygen atoms in total. The van der Waals surface area contributed by atoms with Gasteiger partial charge in [0.25, 0.3) is 0 Å². The number of halogens is 1. The third-order valence-corrected chi connectivity index (χ3v) is 2.82. The van der Waals surface area contributed by atoms with Gasteiger partial charge in [-0.2, -0.15) is 0 Å². The summed E-state index contributed by atoms with van der Waals surface area (Å²) in [6.45, 7) is 2.81. The zero-order chi connectivity index (χ0) is 12.3. The Kier molecular flexibility index (Phi) is 3.69. The van der Waals surface area contributed by atoms with E-state index >= 15 is 0 Å². The fourth-order valence-corrected chi connectivity index (χ4v) is 2.01. The fourth-order valence-electron chi connectivity index (χ4n) is 1.83. The van der Waals surface area contributed by atoms with Crippen LogP contribution in [0.4, 0.5) is 10.5 Å². The maximum Gasteiger partial charge on any atom is 0.414 e. The minimum absolute atomic E-state index is 0.306. The molecule has 1 aromatic rings. The highest BCUT2D eigenvalue weighted by Gasteiger charge is 2.20. The Morgan fingerprint density at radius 3 is 3.12 bits per heavy atom. The molecule has 1 aliphatic heterocycles. The Labute approximate surface area is 106 Å². The maximum absolute atomic E-state index is 11.8. The molecule has 0 fully saturated rings. The Morgan fingerprint density at radius 2 is 2.35 bits per heavy atom. The average Bonchev–Trinajstić information content (AvgIpc) is 2.51. The summed E-state index contributed by atoms with van der Waals surface area (Å²) in [6.07, 6.45) is 4.53. The van der Waals surface area contributed by atoms with Crippen molar-refractivity contribution >= 4 is 29.5 Å². The molecule has 1 heterocycles. The number of fused-ring (bicyclic) bond motifs is 1. The molecule has 0 saturated heterocycles. The van der Waals surface area contributed by atoms with Gasteiger partial charge in [0, 0.05) is 11.6 Å². The van der Waals surface area contributed by atoms with Gasteiger partial charge in [-0.25, -0.2) is 4.79 Å². The van der Waals surface area contributed by atoms with E-state index in [1.54, 1.807) is 17.9 Å². The molecule has 0 radical (unpaired) electrons. The average molecular weight is 252 g/mol. The van der Waals surface area contributed by atoms with Crippen molar-refractivity contribution in [2.75, 3.05) is 18.1 Å². The van der Waals surface area contributed by atoms with Crippen molar-refractivity contribution in [3.63, 3.8) is 0 Å². The largest absolute Gasteiger partial charge is 0.449 e. The van der Waals surface area contributed by atoms with Crippen LogP contribution in [0.5, 0.6) is 0 Å². The monoisotopic (exact) mass is 251 g/mol. The number of carbonyl (C=O) groups is 1. The number of anilines is 1. The molecular formula is C13H14ClNO2. The number of hydrogen-bond acceptors (Lipinski definition) is 2. The van der Waals surface area contributed by atoms with Crippen LogP contribution in [0, 0.1) is 0 Å². The van der Waals surface area contributed by atoms with E-state index in [4.69, 9.17) is 16.3 Å². The topological polar surface area (TPSA) is 29.5 Å². The van der Waals surface area contributed by atoms with Crippen molar-refractivity contribution in [1.82, 2.24) is 0 Å². The maximum atomic E-state index is 11.8. The summed E-state index contributed by atoms with van der Waals surface area (Å²) in [7, 11) is 0. The van der Waals surface area contributed by atoms with E-state index in [2.05, 4.69) is 0 Å². The van der Waals surface area contributed by atoms with Crippen LogP contribution in [0.3, 0.4) is 0 Å². The van der Waals surface area contributed by atoms with E-state index in [-0.39, 0.29) is 6.09 Å². The lowest BCUT2D eigenvalue weighted by atomic mass is 10.1. The van der Waals surface area contributed by atoms with Gasteiger partial charge in [-0.1, -0.05) is 23.8 Å². The normalized spacial score (nSPS) is 14.1. The summed E-state index contributed by atoms with van der Waals surface area (Å²) in [5, 5.41) is 0.666. The minimum atomic E-state index is -0.306. The predicted octanol–water partition coefficient (Wildman–Crippen LogP) is 3.72. The highest BCUT2D eigenvalue weighted by molar-refractivity contribution is 6.30. The number of amides is 1. The molecule has 4 heteroatoms. The molecule has 0 bridgehead atoms. The Bertz CT molecular complexity index is 457. The van der Waals surface area contributed by atoms with Crippen molar-refractivity contribution in [1.29, 1.82) is 0 Å². The Morgan fingerprint density at radius 1 is 1.53 bits per heavy atom. The second-order valence-electron chi connectivity index (χ2n) is 3.74. The molecule has 1 aromatic carbocycles. The van der Waals surface area contributed by atoms with Crippen LogP contribution in [-0.4, -0.2) is 19.2 Å². The number of ether oxygens (including phenoxy) is 1. The zero-order valence-corrected chi connectivity index (χ0v) is 10.4. The first-order chi connectivity index (χ1) is 8.22. The van der Waals surface area contributed by atoms with Gasteiger partial charge in [-0.3, -0.25) is 4.90 Å².